The number of amides is 1. The number of hydrogen-bond donors (Lipinski definition) is 9. The quantitative estimate of drug-likeness (QED) is 0.0204. The molecule has 2 rings (SSSR count). The van der Waals surface area contributed by atoms with Crippen molar-refractivity contribution in [2.75, 3.05) is 19.8 Å². The van der Waals surface area contributed by atoms with Gasteiger partial charge in [0.15, 0.2) is 12.6 Å². The SMILES string of the molecule is CCCCCCCCCCCCCC/C=C/[C@@H](O)[C@H](CO[C@@H]1O[C@H](CO)[C@@H](O[C@@H]2O[C@H](CO)[C@H](O)C(O)C2O)C(O)C1O)NC(=O)CCCCCCCCCCCCCCCCCCCCCCCCCCCCC. The Kier molecular flexibility index (Phi) is 44.3. The Hall–Kier alpha value is -1.27. The van der Waals surface area contributed by atoms with Crippen LogP contribution in [0.3, 0.4) is 0 Å². The van der Waals surface area contributed by atoms with Crippen LogP contribution < -0.4 is 5.32 Å². The van der Waals surface area contributed by atoms with Crippen LogP contribution in [0.25, 0.3) is 0 Å². The third-order valence-electron chi connectivity index (χ3n) is 15.7. The summed E-state index contributed by atoms with van der Waals surface area (Å²) in [5.74, 6) is -0.233. The van der Waals surface area contributed by atoms with E-state index in [1.54, 1.807) is 6.08 Å². The molecule has 75 heavy (non-hydrogen) atoms. The maximum Gasteiger partial charge on any atom is 0.220 e. The molecule has 0 bridgehead atoms. The summed E-state index contributed by atoms with van der Waals surface area (Å²) >= 11 is 0. The van der Waals surface area contributed by atoms with E-state index in [1.807, 2.05) is 6.08 Å². The molecule has 0 radical (unpaired) electrons. The van der Waals surface area contributed by atoms with Crippen LogP contribution in [0.5, 0.6) is 0 Å². The minimum absolute atomic E-state index is 0.233. The summed E-state index contributed by atoms with van der Waals surface area (Å²) in [6.45, 7) is 2.83. The molecule has 2 aliphatic rings. The van der Waals surface area contributed by atoms with E-state index in [9.17, 15) is 45.6 Å². The first-order valence-electron chi connectivity index (χ1n) is 31.4. The Bertz CT molecular complexity index is 1310. The number of aliphatic hydroxyl groups excluding tert-OH is 8. The van der Waals surface area contributed by atoms with E-state index in [-0.39, 0.29) is 18.9 Å². The first-order valence-corrected chi connectivity index (χ1v) is 31.4. The molecular formula is C61H117NO13. The number of hydrogen-bond acceptors (Lipinski definition) is 13. The molecule has 1 amide bonds. The van der Waals surface area contributed by atoms with Gasteiger partial charge >= 0.3 is 0 Å². The highest BCUT2D eigenvalue weighted by Gasteiger charge is 2.51. The molecule has 2 fully saturated rings. The number of allylic oxidation sites excluding steroid dienone is 1. The van der Waals surface area contributed by atoms with Gasteiger partial charge in [-0.1, -0.05) is 264 Å². The van der Waals surface area contributed by atoms with Crippen molar-refractivity contribution in [1.29, 1.82) is 0 Å². The maximum absolute atomic E-state index is 13.3. The number of unbranched alkanes of at least 4 members (excludes halogenated alkanes) is 38. The molecule has 14 nitrogen and oxygen atoms in total. The second kappa shape index (κ2) is 47.5. The van der Waals surface area contributed by atoms with Gasteiger partial charge in [0.1, 0.15) is 48.8 Å². The van der Waals surface area contributed by atoms with Gasteiger partial charge in [0.25, 0.3) is 0 Å². The first kappa shape index (κ1) is 69.8. The predicted molar refractivity (Wildman–Crippen MR) is 300 cm³/mol. The lowest BCUT2D eigenvalue weighted by Gasteiger charge is -2.46. The molecule has 444 valence electrons. The van der Waals surface area contributed by atoms with Crippen LogP contribution in [0.2, 0.25) is 0 Å². The molecule has 2 heterocycles. The molecule has 0 aromatic carbocycles. The highest BCUT2D eigenvalue weighted by molar-refractivity contribution is 5.76. The number of ether oxygens (including phenoxy) is 4. The zero-order chi connectivity index (χ0) is 54.6. The fraction of sp³-hybridized carbons (Fsp3) is 0.951. The summed E-state index contributed by atoms with van der Waals surface area (Å²) < 4.78 is 22.8. The van der Waals surface area contributed by atoms with Crippen molar-refractivity contribution in [2.24, 2.45) is 0 Å². The van der Waals surface area contributed by atoms with Crippen LogP contribution in [0.1, 0.15) is 277 Å². The number of aliphatic hydroxyl groups is 8. The molecule has 2 aliphatic heterocycles. The van der Waals surface area contributed by atoms with E-state index >= 15 is 0 Å². The topological polar surface area (TPSA) is 228 Å². The molecule has 12 atom stereocenters. The van der Waals surface area contributed by atoms with Gasteiger partial charge in [0.05, 0.1) is 32.0 Å². The monoisotopic (exact) mass is 1070 g/mol. The summed E-state index contributed by atoms with van der Waals surface area (Å²) in [5, 5.41) is 87.1. The van der Waals surface area contributed by atoms with Gasteiger partial charge in [-0.15, -0.1) is 0 Å². The first-order chi connectivity index (χ1) is 36.6. The lowest BCUT2D eigenvalue weighted by atomic mass is 9.97. The van der Waals surface area contributed by atoms with Crippen molar-refractivity contribution in [3.05, 3.63) is 12.2 Å². The lowest BCUT2D eigenvalue weighted by Crippen LogP contribution is -2.65. The Balaban J connectivity index is 1.68. The molecule has 9 N–H and O–H groups in total. The molecule has 0 aromatic heterocycles. The van der Waals surface area contributed by atoms with E-state index in [0.29, 0.717) is 6.42 Å². The van der Waals surface area contributed by atoms with Crippen molar-refractivity contribution in [3.8, 4) is 0 Å². The van der Waals surface area contributed by atoms with Crippen molar-refractivity contribution in [1.82, 2.24) is 5.32 Å². The standard InChI is InChI=1S/C61H117NO13/c1-3-5-7-9-11-13-15-17-19-20-21-22-23-24-25-26-27-28-29-30-31-33-35-37-39-41-43-45-53(66)62-49(50(65)44-42-40-38-36-34-32-18-16-14-12-10-8-6-4-2)48-72-60-58(71)56(69)59(52(47-64)74-60)75-61-57(70)55(68)54(67)51(46-63)73-61/h42,44,49-52,54-61,63-65,67-71H,3-41,43,45-48H2,1-2H3,(H,62,66)/b44-42+/t49-,50+,51+,52+,54-,55?,56?,57?,58?,59+,60+,61-/m0/s1. The highest BCUT2D eigenvalue weighted by Crippen LogP contribution is 2.30. The van der Waals surface area contributed by atoms with E-state index in [1.165, 1.54) is 212 Å². The molecule has 0 spiro atoms. The van der Waals surface area contributed by atoms with Gasteiger partial charge in [-0.2, -0.15) is 0 Å². The second-order valence-electron chi connectivity index (χ2n) is 22.6. The normalized spacial score (nSPS) is 25.0. The van der Waals surface area contributed by atoms with Gasteiger partial charge in [-0.25, -0.2) is 0 Å². The van der Waals surface area contributed by atoms with E-state index in [2.05, 4.69) is 19.2 Å². The van der Waals surface area contributed by atoms with E-state index < -0.39 is 86.8 Å². The number of carbonyl (C=O) groups is 1. The van der Waals surface area contributed by atoms with Gasteiger partial charge in [0.2, 0.25) is 5.91 Å². The van der Waals surface area contributed by atoms with E-state index in [4.69, 9.17) is 18.9 Å². The van der Waals surface area contributed by atoms with Gasteiger partial charge in [-0.3, -0.25) is 4.79 Å². The Morgan fingerprint density at radius 3 is 1.23 bits per heavy atom. The van der Waals surface area contributed by atoms with Crippen LogP contribution in [-0.2, 0) is 23.7 Å². The predicted octanol–water partition coefficient (Wildman–Crippen LogP) is 11.1. The second-order valence-corrected chi connectivity index (χ2v) is 22.6. The van der Waals surface area contributed by atoms with Gasteiger partial charge < -0.3 is 65.1 Å². The van der Waals surface area contributed by atoms with Crippen molar-refractivity contribution in [3.63, 3.8) is 0 Å². The fourth-order valence-corrected chi connectivity index (χ4v) is 10.6. The van der Waals surface area contributed by atoms with Crippen LogP contribution in [-0.4, -0.2) is 140 Å². The molecule has 2 saturated heterocycles. The summed E-state index contributed by atoms with van der Waals surface area (Å²) in [5.41, 5.74) is 0. The summed E-state index contributed by atoms with van der Waals surface area (Å²) in [7, 11) is 0. The highest BCUT2D eigenvalue weighted by atomic mass is 16.7. The minimum atomic E-state index is -1.79. The summed E-state index contributed by atoms with van der Waals surface area (Å²) in [6.07, 6.45) is 38.4. The van der Waals surface area contributed by atoms with Crippen LogP contribution in [0.15, 0.2) is 12.2 Å². The molecule has 0 aromatic rings. The maximum atomic E-state index is 13.3. The summed E-state index contributed by atoms with van der Waals surface area (Å²) in [4.78, 5) is 13.3. The molecule has 14 heteroatoms. The van der Waals surface area contributed by atoms with Gasteiger partial charge in [-0.05, 0) is 19.3 Å². The Morgan fingerprint density at radius 1 is 0.467 bits per heavy atom. The van der Waals surface area contributed by atoms with Crippen molar-refractivity contribution < 1.29 is 64.6 Å². The molecule has 4 unspecified atom stereocenters. The molecule has 0 saturated carbocycles. The average Bonchev–Trinajstić information content (AvgIpc) is 3.41. The Morgan fingerprint density at radius 2 is 0.827 bits per heavy atom. The zero-order valence-corrected chi connectivity index (χ0v) is 47.8. The van der Waals surface area contributed by atoms with Crippen molar-refractivity contribution in [2.45, 2.75) is 351 Å². The average molecular weight is 1070 g/mol. The zero-order valence-electron chi connectivity index (χ0n) is 47.8. The third kappa shape index (κ3) is 33.2. The van der Waals surface area contributed by atoms with Crippen LogP contribution in [0, 0.1) is 0 Å². The van der Waals surface area contributed by atoms with Crippen molar-refractivity contribution >= 4 is 5.91 Å². The van der Waals surface area contributed by atoms with Gasteiger partial charge in [0, 0.05) is 6.42 Å². The van der Waals surface area contributed by atoms with Crippen LogP contribution >= 0.6 is 0 Å². The lowest BCUT2D eigenvalue weighted by molar-refractivity contribution is -0.359. The third-order valence-corrected chi connectivity index (χ3v) is 15.7. The fourth-order valence-electron chi connectivity index (χ4n) is 10.6. The number of nitrogens with one attached hydrogen (secondary N) is 1. The van der Waals surface area contributed by atoms with E-state index in [0.717, 1.165) is 38.5 Å². The number of rotatable bonds is 51. The largest absolute Gasteiger partial charge is 0.394 e. The number of carbonyl (C=O) groups excluding carboxylic acids is 1. The molecule has 0 aliphatic carbocycles. The summed E-state index contributed by atoms with van der Waals surface area (Å²) in [6, 6.07) is -0.909. The smallest absolute Gasteiger partial charge is 0.220 e. The van der Waals surface area contributed by atoms with Crippen LogP contribution in [0.4, 0.5) is 0 Å². The minimum Gasteiger partial charge on any atom is -0.394 e. The Labute approximate surface area is 456 Å². The molecular weight excluding hydrogens is 955 g/mol.